The normalized spacial score (nSPS) is 21.4. The number of epoxide rings is 1. The molecule has 1 aliphatic rings. The van der Waals surface area contributed by atoms with E-state index in [0.717, 1.165) is 5.56 Å². The summed E-state index contributed by atoms with van der Waals surface area (Å²) in [6.07, 6.45) is -0.207. The summed E-state index contributed by atoms with van der Waals surface area (Å²) in [5, 5.41) is 2.89. The van der Waals surface area contributed by atoms with E-state index in [1.165, 1.54) is 0 Å². The highest BCUT2D eigenvalue weighted by atomic mass is 16.6. The Kier molecular flexibility index (Phi) is 2.50. The number of hydrogen-bond donors (Lipinski definition) is 1. The standard InChI is InChI=1S/C11H13NO2/c1-8(9-5-3-2-4-6-9)12-11(13)10-7-14-10/h2-6,8,10H,7H2,1H3,(H,12,13)/t8-,10?/m1/s1. The van der Waals surface area contributed by atoms with E-state index in [2.05, 4.69) is 5.32 Å². The maximum Gasteiger partial charge on any atom is 0.252 e. The molecule has 2 atom stereocenters. The van der Waals surface area contributed by atoms with Gasteiger partial charge in [-0.25, -0.2) is 0 Å². The lowest BCUT2D eigenvalue weighted by Gasteiger charge is -2.12. The van der Waals surface area contributed by atoms with Gasteiger partial charge in [-0.05, 0) is 12.5 Å². The van der Waals surface area contributed by atoms with Crippen molar-refractivity contribution in [2.75, 3.05) is 6.61 Å². The van der Waals surface area contributed by atoms with Crippen LogP contribution >= 0.6 is 0 Å². The summed E-state index contributed by atoms with van der Waals surface area (Å²) in [5.74, 6) is -0.0126. The predicted molar refractivity (Wildman–Crippen MR) is 52.7 cm³/mol. The minimum atomic E-state index is -0.207. The van der Waals surface area contributed by atoms with E-state index in [9.17, 15) is 4.79 Å². The van der Waals surface area contributed by atoms with E-state index < -0.39 is 0 Å². The van der Waals surface area contributed by atoms with Gasteiger partial charge in [0.05, 0.1) is 12.6 Å². The zero-order valence-corrected chi connectivity index (χ0v) is 8.07. The molecule has 0 saturated carbocycles. The maximum absolute atomic E-state index is 11.4. The first-order chi connectivity index (χ1) is 6.77. The Balaban J connectivity index is 1.95. The van der Waals surface area contributed by atoms with Crippen LogP contribution in [0.25, 0.3) is 0 Å². The SMILES string of the molecule is C[C@@H](NC(=O)C1CO1)c1ccccc1. The van der Waals surface area contributed by atoms with Crippen LogP contribution in [0.3, 0.4) is 0 Å². The monoisotopic (exact) mass is 191 g/mol. The number of hydrogen-bond acceptors (Lipinski definition) is 2. The number of rotatable bonds is 3. The molecule has 0 bridgehead atoms. The summed E-state index contributed by atoms with van der Waals surface area (Å²) in [6, 6.07) is 9.93. The second kappa shape index (κ2) is 3.80. The fraction of sp³-hybridized carbons (Fsp3) is 0.364. The molecule has 1 saturated heterocycles. The van der Waals surface area contributed by atoms with Crippen LogP contribution in [0.5, 0.6) is 0 Å². The van der Waals surface area contributed by atoms with Crippen LogP contribution in [-0.4, -0.2) is 18.6 Å². The van der Waals surface area contributed by atoms with Gasteiger partial charge in [-0.15, -0.1) is 0 Å². The average Bonchev–Trinajstić information content (AvgIpc) is 3.02. The molecule has 74 valence electrons. The zero-order valence-electron chi connectivity index (χ0n) is 8.07. The molecular weight excluding hydrogens is 178 g/mol. The van der Waals surface area contributed by atoms with Crippen molar-refractivity contribution in [3.05, 3.63) is 35.9 Å². The third kappa shape index (κ3) is 2.12. The van der Waals surface area contributed by atoms with Crippen LogP contribution in [0.2, 0.25) is 0 Å². The molecule has 3 heteroatoms. The summed E-state index contributed by atoms with van der Waals surface area (Å²) in [4.78, 5) is 11.4. The van der Waals surface area contributed by atoms with Gasteiger partial charge < -0.3 is 10.1 Å². The number of nitrogens with one attached hydrogen (secondary N) is 1. The quantitative estimate of drug-likeness (QED) is 0.731. The van der Waals surface area contributed by atoms with Crippen molar-refractivity contribution in [2.24, 2.45) is 0 Å². The molecule has 1 aliphatic heterocycles. The molecule has 0 spiro atoms. The minimum Gasteiger partial charge on any atom is -0.363 e. The van der Waals surface area contributed by atoms with Crippen LogP contribution in [0.15, 0.2) is 30.3 Å². The van der Waals surface area contributed by atoms with Crippen molar-refractivity contribution in [3.63, 3.8) is 0 Å². The second-order valence-electron chi connectivity index (χ2n) is 3.46. The molecule has 0 aliphatic carbocycles. The van der Waals surface area contributed by atoms with Crippen LogP contribution in [0.4, 0.5) is 0 Å². The average molecular weight is 191 g/mol. The van der Waals surface area contributed by atoms with Gasteiger partial charge in [0.15, 0.2) is 6.10 Å². The highest BCUT2D eigenvalue weighted by Gasteiger charge is 2.31. The van der Waals surface area contributed by atoms with Crippen molar-refractivity contribution in [3.8, 4) is 0 Å². The van der Waals surface area contributed by atoms with E-state index in [1.54, 1.807) is 0 Å². The molecule has 1 heterocycles. The molecule has 1 amide bonds. The summed E-state index contributed by atoms with van der Waals surface area (Å²) in [5.41, 5.74) is 1.11. The number of carbonyl (C=O) groups is 1. The molecule has 0 radical (unpaired) electrons. The van der Waals surface area contributed by atoms with Gasteiger partial charge in [-0.1, -0.05) is 30.3 Å². The molecule has 14 heavy (non-hydrogen) atoms. The fourth-order valence-electron chi connectivity index (χ4n) is 1.33. The third-order valence-corrected chi connectivity index (χ3v) is 2.28. The first kappa shape index (κ1) is 9.21. The van der Waals surface area contributed by atoms with Crippen LogP contribution in [0.1, 0.15) is 18.5 Å². The first-order valence-corrected chi connectivity index (χ1v) is 4.74. The first-order valence-electron chi connectivity index (χ1n) is 4.74. The van der Waals surface area contributed by atoms with E-state index in [1.807, 2.05) is 37.3 Å². The zero-order chi connectivity index (χ0) is 9.97. The maximum atomic E-state index is 11.4. The Morgan fingerprint density at radius 2 is 2.14 bits per heavy atom. The highest BCUT2D eigenvalue weighted by Crippen LogP contribution is 2.14. The predicted octanol–water partition coefficient (Wildman–Crippen LogP) is 1.26. The van der Waals surface area contributed by atoms with E-state index >= 15 is 0 Å². The van der Waals surface area contributed by atoms with Crippen LogP contribution in [0, 0.1) is 0 Å². The number of amides is 1. The smallest absolute Gasteiger partial charge is 0.252 e. The Hall–Kier alpha value is -1.35. The summed E-state index contributed by atoms with van der Waals surface area (Å²) in [6.45, 7) is 2.53. The topological polar surface area (TPSA) is 41.6 Å². The van der Waals surface area contributed by atoms with Gasteiger partial charge >= 0.3 is 0 Å². The van der Waals surface area contributed by atoms with Crippen molar-refractivity contribution in [2.45, 2.75) is 19.1 Å². The van der Waals surface area contributed by atoms with Crippen LogP contribution < -0.4 is 5.32 Å². The lowest BCUT2D eigenvalue weighted by Crippen LogP contribution is -2.30. The molecule has 1 N–H and O–H groups in total. The highest BCUT2D eigenvalue weighted by molar-refractivity contribution is 5.83. The number of ether oxygens (including phenoxy) is 1. The molecule has 2 rings (SSSR count). The second-order valence-corrected chi connectivity index (χ2v) is 3.46. The minimum absolute atomic E-state index is 0.0126. The van der Waals surface area contributed by atoms with Gasteiger partial charge in [-0.3, -0.25) is 4.79 Å². The van der Waals surface area contributed by atoms with E-state index in [4.69, 9.17) is 4.74 Å². The lowest BCUT2D eigenvalue weighted by molar-refractivity contribution is -0.122. The van der Waals surface area contributed by atoms with Gasteiger partial charge in [0.2, 0.25) is 0 Å². The molecule has 1 aromatic carbocycles. The lowest BCUT2D eigenvalue weighted by atomic mass is 10.1. The van der Waals surface area contributed by atoms with Crippen molar-refractivity contribution in [1.29, 1.82) is 0 Å². The van der Waals surface area contributed by atoms with Crippen LogP contribution in [-0.2, 0) is 9.53 Å². The molecule has 1 aromatic rings. The van der Waals surface area contributed by atoms with Gasteiger partial charge in [-0.2, -0.15) is 0 Å². The molecule has 3 nitrogen and oxygen atoms in total. The Labute approximate surface area is 83.1 Å². The Morgan fingerprint density at radius 3 is 2.71 bits per heavy atom. The summed E-state index contributed by atoms with van der Waals surface area (Å²) in [7, 11) is 0. The molecular formula is C11H13NO2. The summed E-state index contributed by atoms with van der Waals surface area (Å²) < 4.78 is 4.89. The largest absolute Gasteiger partial charge is 0.363 e. The Bertz CT molecular complexity index is 319. The van der Waals surface area contributed by atoms with E-state index in [0.29, 0.717) is 6.61 Å². The number of carbonyl (C=O) groups excluding carboxylic acids is 1. The van der Waals surface area contributed by atoms with Gasteiger partial charge in [0.25, 0.3) is 5.91 Å². The van der Waals surface area contributed by atoms with E-state index in [-0.39, 0.29) is 18.1 Å². The Morgan fingerprint density at radius 1 is 1.50 bits per heavy atom. The third-order valence-electron chi connectivity index (χ3n) is 2.28. The van der Waals surface area contributed by atoms with Gasteiger partial charge in [0.1, 0.15) is 0 Å². The number of benzene rings is 1. The van der Waals surface area contributed by atoms with Gasteiger partial charge in [0, 0.05) is 0 Å². The fourth-order valence-corrected chi connectivity index (χ4v) is 1.33. The molecule has 0 aromatic heterocycles. The summed E-state index contributed by atoms with van der Waals surface area (Å²) >= 11 is 0. The molecule has 1 fully saturated rings. The van der Waals surface area contributed by atoms with Crippen molar-refractivity contribution < 1.29 is 9.53 Å². The molecule has 1 unspecified atom stereocenters. The van der Waals surface area contributed by atoms with Crippen molar-refractivity contribution >= 4 is 5.91 Å². The van der Waals surface area contributed by atoms with Crippen molar-refractivity contribution in [1.82, 2.24) is 5.32 Å².